The van der Waals surface area contributed by atoms with Crippen LogP contribution >= 0.6 is 0 Å². The maximum Gasteiger partial charge on any atom is 0.126 e. The Balaban J connectivity index is 2.20. The molecular formula is C15H22FN. The highest BCUT2D eigenvalue weighted by Gasteiger charge is 2.36. The number of benzene rings is 1. The summed E-state index contributed by atoms with van der Waals surface area (Å²) in [5.41, 5.74) is 2.20. The van der Waals surface area contributed by atoms with E-state index in [-0.39, 0.29) is 11.4 Å². The van der Waals surface area contributed by atoms with Crippen molar-refractivity contribution >= 4 is 0 Å². The topological polar surface area (TPSA) is 12.0 Å². The van der Waals surface area contributed by atoms with Gasteiger partial charge in [0, 0.05) is 5.54 Å². The molecule has 1 aliphatic rings. The standard InChI is InChI=1S/C15H22FN/c1-11(2)15(7-4-8-17-15)10-13-5-6-14(16)12(3)9-13/h5-6,9,11,17H,4,7-8,10H2,1-3H3. The molecule has 1 fully saturated rings. The van der Waals surface area contributed by atoms with Crippen LogP contribution in [0, 0.1) is 18.7 Å². The average molecular weight is 235 g/mol. The van der Waals surface area contributed by atoms with Crippen LogP contribution < -0.4 is 5.32 Å². The molecule has 1 aliphatic heterocycles. The van der Waals surface area contributed by atoms with E-state index in [0.717, 1.165) is 18.5 Å². The number of nitrogens with one attached hydrogen (secondary N) is 1. The predicted octanol–water partition coefficient (Wildman–Crippen LogP) is 3.45. The Kier molecular flexibility index (Phi) is 3.53. The van der Waals surface area contributed by atoms with E-state index in [9.17, 15) is 4.39 Å². The largest absolute Gasteiger partial charge is 0.311 e. The normalized spacial score (nSPS) is 24.5. The first-order valence-corrected chi connectivity index (χ1v) is 6.53. The summed E-state index contributed by atoms with van der Waals surface area (Å²) in [6, 6.07) is 5.50. The van der Waals surface area contributed by atoms with Gasteiger partial charge in [-0.2, -0.15) is 0 Å². The summed E-state index contributed by atoms with van der Waals surface area (Å²) in [6.45, 7) is 7.49. The molecule has 1 heterocycles. The molecule has 1 unspecified atom stereocenters. The number of halogens is 1. The maximum atomic E-state index is 13.3. The van der Waals surface area contributed by atoms with Gasteiger partial charge in [0.2, 0.25) is 0 Å². The quantitative estimate of drug-likeness (QED) is 0.846. The molecule has 94 valence electrons. The third-order valence-corrected chi connectivity index (χ3v) is 4.12. The van der Waals surface area contributed by atoms with E-state index >= 15 is 0 Å². The van der Waals surface area contributed by atoms with Gasteiger partial charge in [0.25, 0.3) is 0 Å². The van der Waals surface area contributed by atoms with E-state index in [1.54, 1.807) is 6.07 Å². The van der Waals surface area contributed by atoms with Crippen LogP contribution in [0.2, 0.25) is 0 Å². The van der Waals surface area contributed by atoms with E-state index < -0.39 is 0 Å². The molecule has 1 saturated heterocycles. The van der Waals surface area contributed by atoms with Crippen LogP contribution in [0.25, 0.3) is 0 Å². The van der Waals surface area contributed by atoms with Crippen molar-refractivity contribution < 1.29 is 4.39 Å². The summed E-state index contributed by atoms with van der Waals surface area (Å²) in [7, 11) is 0. The summed E-state index contributed by atoms with van der Waals surface area (Å²) in [5.74, 6) is 0.502. The fourth-order valence-corrected chi connectivity index (χ4v) is 2.86. The minimum Gasteiger partial charge on any atom is -0.311 e. The van der Waals surface area contributed by atoms with Gasteiger partial charge in [0.15, 0.2) is 0 Å². The number of hydrogen-bond acceptors (Lipinski definition) is 1. The molecule has 0 bridgehead atoms. The van der Waals surface area contributed by atoms with Crippen LogP contribution in [-0.4, -0.2) is 12.1 Å². The van der Waals surface area contributed by atoms with Crippen molar-refractivity contribution in [2.75, 3.05) is 6.54 Å². The van der Waals surface area contributed by atoms with Crippen LogP contribution in [0.3, 0.4) is 0 Å². The van der Waals surface area contributed by atoms with Gasteiger partial charge in [-0.15, -0.1) is 0 Å². The van der Waals surface area contributed by atoms with Crippen LogP contribution in [-0.2, 0) is 6.42 Å². The van der Waals surface area contributed by atoms with Crippen molar-refractivity contribution in [1.82, 2.24) is 5.32 Å². The third kappa shape index (κ3) is 2.52. The third-order valence-electron chi connectivity index (χ3n) is 4.12. The van der Waals surface area contributed by atoms with Crippen molar-refractivity contribution in [3.63, 3.8) is 0 Å². The van der Waals surface area contributed by atoms with Gasteiger partial charge in [-0.05, 0) is 55.8 Å². The smallest absolute Gasteiger partial charge is 0.126 e. The first kappa shape index (κ1) is 12.6. The van der Waals surface area contributed by atoms with E-state index in [1.807, 2.05) is 19.1 Å². The van der Waals surface area contributed by atoms with Gasteiger partial charge in [-0.1, -0.05) is 26.0 Å². The summed E-state index contributed by atoms with van der Waals surface area (Å²) in [5, 5.41) is 3.66. The van der Waals surface area contributed by atoms with Crippen LogP contribution in [0.5, 0.6) is 0 Å². The molecule has 2 rings (SSSR count). The average Bonchev–Trinajstić information content (AvgIpc) is 2.73. The summed E-state index contributed by atoms with van der Waals surface area (Å²) in [4.78, 5) is 0. The summed E-state index contributed by atoms with van der Waals surface area (Å²) < 4.78 is 13.3. The zero-order valence-electron chi connectivity index (χ0n) is 11.0. The molecule has 2 heteroatoms. The van der Waals surface area contributed by atoms with E-state index in [0.29, 0.717) is 5.92 Å². The summed E-state index contributed by atoms with van der Waals surface area (Å²) >= 11 is 0. The lowest BCUT2D eigenvalue weighted by molar-refractivity contribution is 0.269. The van der Waals surface area contributed by atoms with Crippen LogP contribution in [0.1, 0.15) is 37.8 Å². The van der Waals surface area contributed by atoms with Crippen molar-refractivity contribution in [2.45, 2.75) is 45.6 Å². The molecule has 17 heavy (non-hydrogen) atoms. The van der Waals surface area contributed by atoms with Gasteiger partial charge in [-0.3, -0.25) is 0 Å². The van der Waals surface area contributed by atoms with Crippen molar-refractivity contribution in [1.29, 1.82) is 0 Å². The second-order valence-corrected chi connectivity index (χ2v) is 5.60. The number of hydrogen-bond donors (Lipinski definition) is 1. The monoisotopic (exact) mass is 235 g/mol. The second kappa shape index (κ2) is 4.77. The van der Waals surface area contributed by atoms with E-state index in [2.05, 4.69) is 19.2 Å². The van der Waals surface area contributed by atoms with Crippen molar-refractivity contribution in [3.05, 3.63) is 35.1 Å². The van der Waals surface area contributed by atoms with Crippen LogP contribution in [0.4, 0.5) is 4.39 Å². The lowest BCUT2D eigenvalue weighted by Gasteiger charge is -2.34. The number of rotatable bonds is 3. The lowest BCUT2D eigenvalue weighted by Crippen LogP contribution is -2.46. The zero-order valence-corrected chi connectivity index (χ0v) is 11.0. The van der Waals surface area contributed by atoms with Gasteiger partial charge >= 0.3 is 0 Å². The molecule has 1 nitrogen and oxygen atoms in total. The Hall–Kier alpha value is -0.890. The molecule has 0 amide bonds. The Morgan fingerprint density at radius 2 is 2.18 bits per heavy atom. The molecule has 1 atom stereocenters. The first-order chi connectivity index (χ1) is 8.03. The highest BCUT2D eigenvalue weighted by atomic mass is 19.1. The van der Waals surface area contributed by atoms with Gasteiger partial charge in [-0.25, -0.2) is 4.39 Å². The second-order valence-electron chi connectivity index (χ2n) is 5.60. The minimum atomic E-state index is -0.105. The lowest BCUT2D eigenvalue weighted by atomic mass is 9.79. The molecule has 0 aromatic heterocycles. The molecule has 1 aromatic carbocycles. The fourth-order valence-electron chi connectivity index (χ4n) is 2.86. The Morgan fingerprint density at radius 3 is 2.71 bits per heavy atom. The van der Waals surface area contributed by atoms with Crippen molar-refractivity contribution in [3.8, 4) is 0 Å². The van der Waals surface area contributed by atoms with Gasteiger partial charge in [0.1, 0.15) is 5.82 Å². The van der Waals surface area contributed by atoms with Gasteiger partial charge in [0.05, 0.1) is 0 Å². The Morgan fingerprint density at radius 1 is 1.41 bits per heavy atom. The highest BCUT2D eigenvalue weighted by molar-refractivity contribution is 5.26. The van der Waals surface area contributed by atoms with Gasteiger partial charge < -0.3 is 5.32 Å². The van der Waals surface area contributed by atoms with E-state index in [4.69, 9.17) is 0 Å². The summed E-state index contributed by atoms with van der Waals surface area (Å²) in [6.07, 6.45) is 3.48. The molecular weight excluding hydrogens is 213 g/mol. The maximum absolute atomic E-state index is 13.3. The molecule has 0 spiro atoms. The molecule has 1 N–H and O–H groups in total. The predicted molar refractivity (Wildman–Crippen MR) is 69.6 cm³/mol. The highest BCUT2D eigenvalue weighted by Crippen LogP contribution is 2.31. The first-order valence-electron chi connectivity index (χ1n) is 6.53. The minimum absolute atomic E-state index is 0.105. The zero-order chi connectivity index (χ0) is 12.5. The molecule has 0 saturated carbocycles. The SMILES string of the molecule is Cc1cc(CC2(C(C)C)CCCN2)ccc1F. The Labute approximate surface area is 103 Å². The Bertz CT molecular complexity index is 392. The van der Waals surface area contributed by atoms with Crippen LogP contribution in [0.15, 0.2) is 18.2 Å². The number of aryl methyl sites for hydroxylation is 1. The molecule has 1 aromatic rings. The fraction of sp³-hybridized carbons (Fsp3) is 0.600. The molecule has 0 radical (unpaired) electrons. The van der Waals surface area contributed by atoms with Crippen molar-refractivity contribution in [2.24, 2.45) is 5.92 Å². The molecule has 0 aliphatic carbocycles. The van der Waals surface area contributed by atoms with E-state index in [1.165, 1.54) is 18.4 Å².